The molecule has 1 heterocycles. The minimum atomic E-state index is -0.337. The van der Waals surface area contributed by atoms with E-state index in [1.807, 2.05) is 12.1 Å². The van der Waals surface area contributed by atoms with E-state index in [-0.39, 0.29) is 23.8 Å². The van der Waals surface area contributed by atoms with Crippen LogP contribution < -0.4 is 5.32 Å². The Morgan fingerprint density at radius 1 is 0.963 bits per heavy atom. The maximum atomic E-state index is 12.9. The summed E-state index contributed by atoms with van der Waals surface area (Å²) in [7, 11) is 0. The van der Waals surface area contributed by atoms with E-state index in [4.69, 9.17) is 0 Å². The van der Waals surface area contributed by atoms with Crippen LogP contribution in [-0.2, 0) is 0 Å². The average Bonchev–Trinajstić information content (AvgIpc) is 2.94. The second kappa shape index (κ2) is 7.19. The lowest BCUT2D eigenvalue weighted by Crippen LogP contribution is -2.40. The van der Waals surface area contributed by atoms with Gasteiger partial charge < -0.3 is 5.32 Å². The third-order valence-corrected chi connectivity index (χ3v) is 5.66. The Bertz CT molecular complexity index is 935. The van der Waals surface area contributed by atoms with Crippen LogP contribution in [0.1, 0.15) is 63.2 Å². The molecule has 3 amide bonds. The van der Waals surface area contributed by atoms with Crippen LogP contribution in [0.2, 0.25) is 0 Å². The zero-order valence-electron chi connectivity index (χ0n) is 14.8. The number of hydrogen-bond donors (Lipinski definition) is 2. The lowest BCUT2D eigenvalue weighted by molar-refractivity contribution is 0.0549. The Morgan fingerprint density at radius 2 is 1.67 bits per heavy atom. The van der Waals surface area contributed by atoms with Crippen molar-refractivity contribution in [1.82, 2.24) is 4.90 Å². The highest BCUT2D eigenvalue weighted by Gasteiger charge is 2.40. The molecule has 0 radical (unpaired) electrons. The molecule has 1 N–H and O–H groups in total. The first kappa shape index (κ1) is 17.8. The van der Waals surface area contributed by atoms with Gasteiger partial charge in [0.1, 0.15) is 0 Å². The summed E-state index contributed by atoms with van der Waals surface area (Å²) in [6, 6.07) is 11.8. The lowest BCUT2D eigenvalue weighted by Gasteiger charge is -2.29. The number of carbonyl (C=O) groups is 3. The molecule has 0 bridgehead atoms. The number of imide groups is 1. The largest absolute Gasteiger partial charge is 0.321 e. The Kier molecular flexibility index (Phi) is 4.74. The van der Waals surface area contributed by atoms with E-state index >= 15 is 0 Å². The van der Waals surface area contributed by atoms with Gasteiger partial charge in [0.05, 0.1) is 16.8 Å². The van der Waals surface area contributed by atoms with Gasteiger partial charge in [0.15, 0.2) is 0 Å². The minimum Gasteiger partial charge on any atom is -0.321 e. The van der Waals surface area contributed by atoms with Crippen molar-refractivity contribution in [3.05, 3.63) is 59.2 Å². The van der Waals surface area contributed by atoms with Gasteiger partial charge in [0, 0.05) is 16.5 Å². The molecule has 1 aliphatic heterocycles. The Hall–Kier alpha value is -2.60. The highest BCUT2D eigenvalue weighted by molar-refractivity contribution is 7.80. The summed E-state index contributed by atoms with van der Waals surface area (Å²) in [5, 5.41) is 2.79. The second-order valence-corrected chi connectivity index (χ2v) is 7.49. The highest BCUT2D eigenvalue weighted by atomic mass is 32.1. The maximum absolute atomic E-state index is 12.9. The number of thiol groups is 1. The van der Waals surface area contributed by atoms with E-state index in [1.165, 1.54) is 11.0 Å². The summed E-state index contributed by atoms with van der Waals surface area (Å²) < 4.78 is 0. The van der Waals surface area contributed by atoms with Crippen molar-refractivity contribution < 1.29 is 14.4 Å². The molecule has 0 spiro atoms. The molecule has 6 heteroatoms. The van der Waals surface area contributed by atoms with Gasteiger partial charge >= 0.3 is 0 Å². The average molecular weight is 380 g/mol. The van der Waals surface area contributed by atoms with E-state index in [1.54, 1.807) is 24.3 Å². The van der Waals surface area contributed by atoms with Crippen molar-refractivity contribution >= 4 is 36.0 Å². The van der Waals surface area contributed by atoms with Gasteiger partial charge in [-0.3, -0.25) is 19.3 Å². The van der Waals surface area contributed by atoms with Crippen LogP contribution in [0.15, 0.2) is 47.4 Å². The molecule has 0 unspecified atom stereocenters. The standard InChI is InChI=1S/C21H20N2O3S/c24-19(22-17-8-4-5-9-18(17)27)13-10-11-15-16(12-13)21(26)23(20(15)25)14-6-2-1-3-7-14/h4-5,8-12,14,27H,1-3,6-7H2,(H,22,24). The Morgan fingerprint density at radius 3 is 2.41 bits per heavy atom. The van der Waals surface area contributed by atoms with Crippen molar-refractivity contribution in [2.75, 3.05) is 5.32 Å². The smallest absolute Gasteiger partial charge is 0.261 e. The SMILES string of the molecule is O=C(Nc1ccccc1S)c1ccc2c(c1)C(=O)N(C1CCCCC1)C2=O. The predicted octanol–water partition coefficient (Wildman–Crippen LogP) is 4.16. The van der Waals surface area contributed by atoms with Gasteiger partial charge in [0.25, 0.3) is 17.7 Å². The number of anilines is 1. The number of carbonyl (C=O) groups excluding carboxylic acids is 3. The topological polar surface area (TPSA) is 66.5 Å². The number of para-hydroxylation sites is 1. The van der Waals surface area contributed by atoms with Crippen molar-refractivity contribution in [2.45, 2.75) is 43.0 Å². The first-order valence-electron chi connectivity index (χ1n) is 9.17. The lowest BCUT2D eigenvalue weighted by atomic mass is 9.94. The fourth-order valence-corrected chi connectivity index (χ4v) is 4.06. The molecule has 4 rings (SSSR count). The summed E-state index contributed by atoms with van der Waals surface area (Å²) >= 11 is 4.33. The fourth-order valence-electron chi connectivity index (χ4n) is 3.85. The van der Waals surface area contributed by atoms with Gasteiger partial charge in [-0.15, -0.1) is 12.6 Å². The van der Waals surface area contributed by atoms with Crippen LogP contribution in [0.25, 0.3) is 0 Å². The number of rotatable bonds is 3. The van der Waals surface area contributed by atoms with Crippen LogP contribution >= 0.6 is 12.6 Å². The molecule has 1 aliphatic carbocycles. The summed E-state index contributed by atoms with van der Waals surface area (Å²) in [5.41, 5.74) is 1.64. The maximum Gasteiger partial charge on any atom is 0.261 e. The third-order valence-electron chi connectivity index (χ3n) is 5.27. The number of amides is 3. The van der Waals surface area contributed by atoms with Crippen molar-refractivity contribution in [3.8, 4) is 0 Å². The van der Waals surface area contributed by atoms with Gasteiger partial charge in [-0.25, -0.2) is 0 Å². The molecule has 1 fully saturated rings. The summed E-state index contributed by atoms with van der Waals surface area (Å²) in [4.78, 5) is 40.2. The first-order chi connectivity index (χ1) is 13.1. The molecule has 2 aliphatic rings. The van der Waals surface area contributed by atoms with Crippen LogP contribution in [0.5, 0.6) is 0 Å². The van der Waals surface area contributed by atoms with E-state index in [0.717, 1.165) is 32.1 Å². The molecular weight excluding hydrogens is 360 g/mol. The summed E-state index contributed by atoms with van der Waals surface area (Å²) in [5.74, 6) is -0.864. The predicted molar refractivity (Wildman–Crippen MR) is 105 cm³/mol. The molecule has 0 saturated heterocycles. The van der Waals surface area contributed by atoms with Gasteiger partial charge in [-0.1, -0.05) is 31.4 Å². The molecule has 5 nitrogen and oxygen atoms in total. The van der Waals surface area contributed by atoms with Crippen LogP contribution in [0.3, 0.4) is 0 Å². The summed E-state index contributed by atoms with van der Waals surface area (Å²) in [6.45, 7) is 0. The molecule has 138 valence electrons. The van der Waals surface area contributed by atoms with Crippen molar-refractivity contribution in [2.24, 2.45) is 0 Å². The van der Waals surface area contributed by atoms with Crippen molar-refractivity contribution in [3.63, 3.8) is 0 Å². The molecule has 2 aromatic rings. The minimum absolute atomic E-state index is 0.0283. The van der Waals surface area contributed by atoms with Gasteiger partial charge in [-0.2, -0.15) is 0 Å². The van der Waals surface area contributed by atoms with Crippen LogP contribution in [0, 0.1) is 0 Å². The normalized spacial score (nSPS) is 17.1. The third kappa shape index (κ3) is 3.25. The van der Waals surface area contributed by atoms with E-state index in [2.05, 4.69) is 17.9 Å². The molecule has 1 saturated carbocycles. The first-order valence-corrected chi connectivity index (χ1v) is 9.62. The number of benzene rings is 2. The number of nitrogens with zero attached hydrogens (tertiary/aromatic N) is 1. The highest BCUT2D eigenvalue weighted by Crippen LogP contribution is 2.31. The zero-order valence-corrected chi connectivity index (χ0v) is 15.7. The fraction of sp³-hybridized carbons (Fsp3) is 0.286. The number of hydrogen-bond acceptors (Lipinski definition) is 4. The van der Waals surface area contributed by atoms with Gasteiger partial charge in [-0.05, 0) is 43.2 Å². The second-order valence-electron chi connectivity index (χ2n) is 7.00. The van der Waals surface area contributed by atoms with E-state index in [0.29, 0.717) is 27.3 Å². The summed E-state index contributed by atoms with van der Waals surface area (Å²) in [6.07, 6.45) is 4.94. The van der Waals surface area contributed by atoms with Crippen LogP contribution in [-0.4, -0.2) is 28.7 Å². The molecule has 2 aromatic carbocycles. The quantitative estimate of drug-likeness (QED) is 0.621. The number of nitrogens with one attached hydrogen (secondary N) is 1. The molecule has 27 heavy (non-hydrogen) atoms. The molecule has 0 atom stereocenters. The molecular formula is C21H20N2O3S. The van der Waals surface area contributed by atoms with Gasteiger partial charge in [0.2, 0.25) is 0 Å². The van der Waals surface area contributed by atoms with Crippen molar-refractivity contribution in [1.29, 1.82) is 0 Å². The van der Waals surface area contributed by atoms with E-state index in [9.17, 15) is 14.4 Å². The monoisotopic (exact) mass is 380 g/mol. The Balaban J connectivity index is 1.59. The van der Waals surface area contributed by atoms with Crippen LogP contribution in [0.4, 0.5) is 5.69 Å². The number of fused-ring (bicyclic) bond motifs is 1. The molecule has 0 aromatic heterocycles. The zero-order chi connectivity index (χ0) is 19.0. The van der Waals surface area contributed by atoms with E-state index < -0.39 is 0 Å². The Labute approximate surface area is 163 Å².